The number of nitrogens with zero attached hydrogens (tertiary/aromatic N) is 15. The first kappa shape index (κ1) is 63.7. The van der Waals surface area contributed by atoms with Crippen LogP contribution in [-0.2, 0) is 46.3 Å². The second-order valence-corrected chi connectivity index (χ2v) is 20.3. The van der Waals surface area contributed by atoms with E-state index in [0.717, 1.165) is 128 Å². The number of rotatable bonds is 14. The number of pyridine rings is 2. The molecule has 0 bridgehead atoms. The van der Waals surface area contributed by atoms with Gasteiger partial charge in [-0.3, -0.25) is 32.8 Å². The van der Waals surface area contributed by atoms with Gasteiger partial charge in [0.25, 0.3) is 6.47 Å². The molecule has 0 amide bonds. The Hall–Kier alpha value is -5.77. The number of aryl methyl sites for hydroxylation is 2. The largest absolute Gasteiger partial charge is 1.00 e. The fraction of sp³-hybridized carbons (Fsp3) is 0.305. The average molecular weight is 1210 g/mol. The molecule has 0 radical (unpaired) electrons. The summed E-state index contributed by atoms with van der Waals surface area (Å²) in [5.41, 5.74) is 12.7. The van der Waals surface area contributed by atoms with Crippen molar-refractivity contribution in [2.24, 2.45) is 14.1 Å². The first-order chi connectivity index (χ1) is 40.7. The predicted octanol–water partition coefficient (Wildman–Crippen LogP) is -0.641. The fourth-order valence-electron chi connectivity index (χ4n) is 10.1. The molecule has 0 saturated carbocycles. The standard InChI is InChI=1S/C29H31N9O.C22H18FN7.C7H14N2O.CH2O3.2K.H2.H/c1-35-17-23(15-34-35)22-4-2-21(3-5-22)14-30-28-13-26(32-20-33-28)27-16-31-29-12-24(6-7-38(27)29)36-8-10-37(11-9-36)25-18-39-19-25;1-29-13-17(11-28-29)16-4-2-15(3-5-16)10-24-21-9-19(26-14-27-21)20-12-25-22-8-18(23)6-7-30(20)22;1-3-9(4-2-8-1)7-5-10-6-7;2-1-4-3;;;;/h2-7,12-13,15-17,20,25H,8-11,14,18-19H2,1H3,(H,30,32,33);2-9,11-14H,10H2,1H3,(H,24,26,27);7-8H,1-6H2;1,3H;;;1H;/q;;;;2*+1;;-1/p-1. The molecule has 4 fully saturated rings. The molecule has 14 rings (SSSR count). The molecule has 85 heavy (non-hydrogen) atoms. The normalized spacial score (nSPS) is 15.3. The van der Waals surface area contributed by atoms with E-state index in [2.05, 4.69) is 142 Å². The van der Waals surface area contributed by atoms with E-state index in [-0.39, 0.29) is 118 Å². The molecule has 10 aromatic rings. The van der Waals surface area contributed by atoms with Gasteiger partial charge in [-0.25, -0.2) is 34.3 Å². The molecule has 8 aromatic heterocycles. The molecular formula is C59H67FK2N18O5. The van der Waals surface area contributed by atoms with Crippen LogP contribution in [0.15, 0.2) is 147 Å². The van der Waals surface area contributed by atoms with Gasteiger partial charge in [0.2, 0.25) is 0 Å². The zero-order chi connectivity index (χ0) is 56.9. The Bertz CT molecular complexity index is 3730. The number of halogens is 1. The molecule has 0 spiro atoms. The number of aromatic nitrogens is 12. The summed E-state index contributed by atoms with van der Waals surface area (Å²) in [7, 11) is 3.83. The van der Waals surface area contributed by atoms with Gasteiger partial charge < -0.3 is 41.9 Å². The van der Waals surface area contributed by atoms with E-state index in [1.165, 1.54) is 42.8 Å². The van der Waals surface area contributed by atoms with Gasteiger partial charge in [-0.1, -0.05) is 48.5 Å². The van der Waals surface area contributed by atoms with E-state index in [1.54, 1.807) is 27.8 Å². The molecule has 0 unspecified atom stereocenters. The van der Waals surface area contributed by atoms with Crippen LogP contribution in [0.3, 0.4) is 0 Å². The van der Waals surface area contributed by atoms with E-state index in [9.17, 15) is 4.39 Å². The number of ether oxygens (including phenoxy) is 2. The van der Waals surface area contributed by atoms with Gasteiger partial charge in [-0.15, -0.1) is 0 Å². The zero-order valence-corrected chi connectivity index (χ0v) is 54.4. The van der Waals surface area contributed by atoms with Gasteiger partial charge >= 0.3 is 103 Å². The number of nitrogens with one attached hydrogen (secondary N) is 3. The molecule has 0 aliphatic carbocycles. The molecule has 4 aliphatic heterocycles. The number of carbonyl (C=O) groups is 1. The van der Waals surface area contributed by atoms with E-state index < -0.39 is 0 Å². The van der Waals surface area contributed by atoms with Gasteiger partial charge in [-0.2, -0.15) is 10.2 Å². The Labute approximate surface area is 579 Å². The van der Waals surface area contributed by atoms with Crippen LogP contribution in [-0.4, -0.2) is 165 Å². The second-order valence-electron chi connectivity index (χ2n) is 20.3. The number of carbonyl (C=O) groups excluding carboxylic acids is 1. The summed E-state index contributed by atoms with van der Waals surface area (Å²) >= 11 is 0. The van der Waals surface area contributed by atoms with Crippen molar-refractivity contribution in [3.63, 3.8) is 0 Å². The number of fused-ring (bicyclic) bond motifs is 2. The summed E-state index contributed by atoms with van der Waals surface area (Å²) in [5.74, 6) is 1.16. The van der Waals surface area contributed by atoms with Crippen LogP contribution in [0.2, 0.25) is 0 Å². The van der Waals surface area contributed by atoms with Crippen LogP contribution in [0.4, 0.5) is 21.7 Å². The minimum absolute atomic E-state index is 0. The first-order valence-corrected chi connectivity index (χ1v) is 27.4. The summed E-state index contributed by atoms with van der Waals surface area (Å²) in [6.45, 7) is 13.7. The summed E-state index contributed by atoms with van der Waals surface area (Å²) in [6, 6.07) is 29.1. The molecule has 12 heterocycles. The maximum absolute atomic E-state index is 13.4. The van der Waals surface area contributed by atoms with Gasteiger partial charge in [0.15, 0.2) is 0 Å². The van der Waals surface area contributed by atoms with Crippen LogP contribution in [0.1, 0.15) is 14.0 Å². The quantitative estimate of drug-likeness (QED) is 0.0532. The molecule has 4 saturated heterocycles. The van der Waals surface area contributed by atoms with Crippen molar-refractivity contribution in [3.8, 4) is 45.0 Å². The van der Waals surface area contributed by atoms with Crippen molar-refractivity contribution in [3.05, 3.63) is 164 Å². The fourth-order valence-corrected chi connectivity index (χ4v) is 10.1. The Kier molecular flexibility index (Phi) is 23.4. The van der Waals surface area contributed by atoms with E-state index in [1.807, 2.05) is 61.9 Å². The maximum Gasteiger partial charge on any atom is 1.00 e. The molecule has 432 valence electrons. The van der Waals surface area contributed by atoms with Crippen LogP contribution < -0.4 is 129 Å². The van der Waals surface area contributed by atoms with Gasteiger partial charge in [0.05, 0.1) is 86.1 Å². The van der Waals surface area contributed by atoms with Crippen molar-refractivity contribution >= 4 is 35.1 Å². The number of hydrogen-bond donors (Lipinski definition) is 3. The monoisotopic (exact) mass is 1200 g/mol. The molecule has 0 atom stereocenters. The summed E-state index contributed by atoms with van der Waals surface area (Å²) in [4.78, 5) is 45.3. The van der Waals surface area contributed by atoms with E-state index in [0.29, 0.717) is 36.3 Å². The van der Waals surface area contributed by atoms with Crippen molar-refractivity contribution in [2.45, 2.75) is 25.2 Å². The second kappa shape index (κ2) is 31.2. The molecular weight excluding hydrogens is 1140 g/mol. The van der Waals surface area contributed by atoms with Crippen molar-refractivity contribution in [1.29, 1.82) is 0 Å². The summed E-state index contributed by atoms with van der Waals surface area (Å²) < 4.78 is 31.4. The number of piperazine rings is 2. The van der Waals surface area contributed by atoms with Crippen molar-refractivity contribution < 1.29 is 134 Å². The third-order valence-electron chi connectivity index (χ3n) is 14.9. The van der Waals surface area contributed by atoms with Crippen LogP contribution in [0, 0.1) is 5.82 Å². The Morgan fingerprint density at radius 2 is 1.09 bits per heavy atom. The topological polar surface area (TPSA) is 235 Å². The molecule has 3 N–H and O–H groups in total. The van der Waals surface area contributed by atoms with Crippen LogP contribution >= 0.6 is 0 Å². The third-order valence-corrected chi connectivity index (χ3v) is 14.9. The maximum atomic E-state index is 13.4. The Balaban J connectivity index is 0.000000199. The first-order valence-electron chi connectivity index (χ1n) is 27.4. The van der Waals surface area contributed by atoms with Gasteiger partial charge in [0, 0.05) is 147 Å². The van der Waals surface area contributed by atoms with E-state index in [4.69, 9.17) is 24.5 Å². The summed E-state index contributed by atoms with van der Waals surface area (Å²) in [6.07, 6.45) is 18.1. The van der Waals surface area contributed by atoms with Gasteiger partial charge in [-0.05, 0) is 34.4 Å². The number of benzene rings is 2. The smallest absolute Gasteiger partial charge is 1.00 e. The molecule has 2 aromatic carbocycles. The Morgan fingerprint density at radius 1 is 0.624 bits per heavy atom. The van der Waals surface area contributed by atoms with E-state index >= 15 is 0 Å². The SMILES string of the molecule is C1CN(C2COC2)CCN1.Cn1cc(-c2ccc(CNc3cc(-c4cnc5cc(F)ccn45)ncn3)cc2)cn1.Cn1cc(-c2ccc(CNc3cc(-c4cnc5cc(N6CCN(C7COC7)CC6)ccn45)ncn3)cc2)cn1.O=CO[O-].[H-].[HH].[K+].[K+]. The number of hydrogen-bond acceptors (Lipinski definition) is 19. The average Bonchev–Trinajstić information content (AvgIpc) is 2.39. The Morgan fingerprint density at radius 3 is 1.54 bits per heavy atom. The number of imidazole rings is 2. The minimum Gasteiger partial charge on any atom is -1.00 e. The molecule has 4 aliphatic rings. The van der Waals surface area contributed by atoms with Crippen LogP contribution in [0.25, 0.3) is 56.3 Å². The zero-order valence-electron chi connectivity index (χ0n) is 49.1. The summed E-state index contributed by atoms with van der Waals surface area (Å²) in [5, 5.41) is 27.0. The number of anilines is 3. The predicted molar refractivity (Wildman–Crippen MR) is 312 cm³/mol. The van der Waals surface area contributed by atoms with Crippen molar-refractivity contribution in [2.75, 3.05) is 94.3 Å². The minimum atomic E-state index is -0.320. The third kappa shape index (κ3) is 16.7. The van der Waals surface area contributed by atoms with Gasteiger partial charge in [0.1, 0.15) is 41.4 Å². The van der Waals surface area contributed by atoms with Crippen LogP contribution in [0.5, 0.6) is 0 Å². The van der Waals surface area contributed by atoms with Crippen molar-refractivity contribution in [1.82, 2.24) is 73.4 Å². The molecule has 23 nitrogen and oxygen atoms in total. The molecule has 26 heteroatoms.